The number of aromatic nitrogens is 4. The number of nitrogens with zero attached hydrogens (tertiary/aromatic N) is 5. The summed E-state index contributed by atoms with van der Waals surface area (Å²) in [5, 5.41) is 12.1. The average Bonchev–Trinajstić information content (AvgIpc) is 2.86. The van der Waals surface area contributed by atoms with Crippen molar-refractivity contribution in [2.24, 2.45) is 0 Å². The summed E-state index contributed by atoms with van der Waals surface area (Å²) < 4.78 is 1.67. The third-order valence-electron chi connectivity index (χ3n) is 2.86. The molecule has 0 aliphatic rings. The molecule has 0 N–H and O–H groups in total. The van der Waals surface area contributed by atoms with Gasteiger partial charge >= 0.3 is 0 Å². The highest BCUT2D eigenvalue weighted by Gasteiger charge is 2.20. The second-order valence-corrected chi connectivity index (χ2v) is 5.96. The minimum absolute atomic E-state index is 0.0364. The molecule has 1 aromatic heterocycles. The highest BCUT2D eigenvalue weighted by molar-refractivity contribution is 8.00. The van der Waals surface area contributed by atoms with Gasteiger partial charge in [-0.2, -0.15) is 4.68 Å². The van der Waals surface area contributed by atoms with Crippen LogP contribution in [0.15, 0.2) is 29.4 Å². The van der Waals surface area contributed by atoms with Crippen molar-refractivity contribution >= 4 is 17.7 Å². The van der Waals surface area contributed by atoms with Crippen LogP contribution in [0.4, 0.5) is 0 Å². The number of rotatable bonds is 4. The van der Waals surface area contributed by atoms with Crippen molar-refractivity contribution in [2.75, 3.05) is 14.1 Å². The molecule has 106 valence electrons. The van der Waals surface area contributed by atoms with Crippen molar-refractivity contribution in [3.8, 4) is 5.69 Å². The molecule has 1 heterocycles. The SMILES string of the molecule is Cc1ccccc1-n1nnnc1SC(C)C(=O)N(C)C. The van der Waals surface area contributed by atoms with Gasteiger partial charge in [-0.05, 0) is 35.9 Å². The number of tetrazole rings is 1. The number of hydrogen-bond donors (Lipinski definition) is 0. The summed E-state index contributed by atoms with van der Waals surface area (Å²) >= 11 is 1.35. The maximum absolute atomic E-state index is 11.9. The van der Waals surface area contributed by atoms with Gasteiger partial charge in [-0.25, -0.2) is 0 Å². The van der Waals surface area contributed by atoms with Gasteiger partial charge in [0.15, 0.2) is 0 Å². The second-order valence-electron chi connectivity index (χ2n) is 4.65. The van der Waals surface area contributed by atoms with Crippen LogP contribution < -0.4 is 0 Å². The quantitative estimate of drug-likeness (QED) is 0.800. The molecule has 1 aromatic carbocycles. The van der Waals surface area contributed by atoms with E-state index in [1.165, 1.54) is 11.8 Å². The van der Waals surface area contributed by atoms with Gasteiger partial charge in [0.25, 0.3) is 0 Å². The van der Waals surface area contributed by atoms with E-state index in [2.05, 4.69) is 15.5 Å². The van der Waals surface area contributed by atoms with Gasteiger partial charge in [-0.15, -0.1) is 5.10 Å². The molecule has 0 spiro atoms. The van der Waals surface area contributed by atoms with Crippen molar-refractivity contribution in [3.63, 3.8) is 0 Å². The predicted octanol–water partition coefficient (Wildman–Crippen LogP) is 1.54. The molecule has 0 aliphatic heterocycles. The van der Waals surface area contributed by atoms with Gasteiger partial charge in [-0.1, -0.05) is 30.0 Å². The molecule has 1 unspecified atom stereocenters. The summed E-state index contributed by atoms with van der Waals surface area (Å²) in [6.45, 7) is 3.85. The Hall–Kier alpha value is -1.89. The van der Waals surface area contributed by atoms with E-state index in [4.69, 9.17) is 0 Å². The normalized spacial score (nSPS) is 12.2. The summed E-state index contributed by atoms with van der Waals surface area (Å²) in [4.78, 5) is 13.5. The number of carbonyl (C=O) groups excluding carboxylic acids is 1. The van der Waals surface area contributed by atoms with Crippen LogP contribution in [0.3, 0.4) is 0 Å². The first kappa shape index (κ1) is 14.5. The van der Waals surface area contributed by atoms with Crippen molar-refractivity contribution in [1.82, 2.24) is 25.1 Å². The Kier molecular flexibility index (Phi) is 4.39. The first-order valence-electron chi connectivity index (χ1n) is 6.23. The van der Waals surface area contributed by atoms with E-state index in [1.54, 1.807) is 23.7 Å². The van der Waals surface area contributed by atoms with Crippen LogP contribution in [0.25, 0.3) is 5.69 Å². The van der Waals surface area contributed by atoms with Gasteiger partial charge in [0.2, 0.25) is 11.1 Å². The fourth-order valence-corrected chi connectivity index (χ4v) is 2.72. The standard InChI is InChI=1S/C13H17N5OS/c1-9-7-5-6-8-11(9)18-13(14-15-16-18)20-10(2)12(19)17(3)4/h5-8,10H,1-4H3. The molecule has 0 fully saturated rings. The van der Waals surface area contributed by atoms with Crippen LogP contribution >= 0.6 is 11.8 Å². The molecule has 2 rings (SSSR count). The van der Waals surface area contributed by atoms with E-state index >= 15 is 0 Å². The molecule has 0 radical (unpaired) electrons. The smallest absolute Gasteiger partial charge is 0.235 e. The number of thioether (sulfide) groups is 1. The monoisotopic (exact) mass is 291 g/mol. The Morgan fingerprint density at radius 2 is 2.05 bits per heavy atom. The Morgan fingerprint density at radius 3 is 2.70 bits per heavy atom. The molecule has 0 aliphatic carbocycles. The summed E-state index contributed by atoms with van der Waals surface area (Å²) in [7, 11) is 3.48. The highest BCUT2D eigenvalue weighted by atomic mass is 32.2. The van der Waals surface area contributed by atoms with Gasteiger partial charge in [0, 0.05) is 14.1 Å². The largest absolute Gasteiger partial charge is 0.348 e. The van der Waals surface area contributed by atoms with Crippen LogP contribution in [0.2, 0.25) is 0 Å². The van der Waals surface area contributed by atoms with E-state index < -0.39 is 0 Å². The predicted molar refractivity (Wildman–Crippen MR) is 77.9 cm³/mol. The van der Waals surface area contributed by atoms with Crippen molar-refractivity contribution < 1.29 is 4.79 Å². The molecule has 0 saturated carbocycles. The molecule has 0 bridgehead atoms. The Bertz CT molecular complexity index is 610. The first-order chi connectivity index (χ1) is 9.50. The molecule has 7 heteroatoms. The minimum atomic E-state index is -0.237. The number of amides is 1. The summed E-state index contributed by atoms with van der Waals surface area (Å²) in [6, 6.07) is 7.86. The summed E-state index contributed by atoms with van der Waals surface area (Å²) in [5.74, 6) is 0.0364. The van der Waals surface area contributed by atoms with Gasteiger partial charge < -0.3 is 4.90 Å². The van der Waals surface area contributed by atoms with Crippen LogP contribution in [-0.2, 0) is 4.79 Å². The Morgan fingerprint density at radius 1 is 1.35 bits per heavy atom. The number of para-hydroxylation sites is 1. The fraction of sp³-hybridized carbons (Fsp3) is 0.385. The van der Waals surface area contributed by atoms with Crippen LogP contribution in [0, 0.1) is 6.92 Å². The fourth-order valence-electron chi connectivity index (χ4n) is 1.78. The van der Waals surface area contributed by atoms with Gasteiger partial charge in [0.1, 0.15) is 0 Å². The Balaban J connectivity index is 2.26. The first-order valence-corrected chi connectivity index (χ1v) is 7.11. The van der Waals surface area contributed by atoms with E-state index in [0.29, 0.717) is 5.16 Å². The minimum Gasteiger partial charge on any atom is -0.348 e. The van der Waals surface area contributed by atoms with Crippen LogP contribution in [0.1, 0.15) is 12.5 Å². The molecule has 1 atom stereocenters. The molecule has 0 saturated heterocycles. The maximum atomic E-state index is 11.9. The zero-order chi connectivity index (χ0) is 14.7. The number of carbonyl (C=O) groups is 1. The van der Waals surface area contributed by atoms with E-state index in [1.807, 2.05) is 38.1 Å². The highest BCUT2D eigenvalue weighted by Crippen LogP contribution is 2.24. The van der Waals surface area contributed by atoms with Gasteiger partial charge in [-0.3, -0.25) is 4.79 Å². The average molecular weight is 291 g/mol. The second kappa shape index (κ2) is 6.04. The van der Waals surface area contributed by atoms with E-state index in [-0.39, 0.29) is 11.2 Å². The Labute approximate surface area is 122 Å². The number of hydrogen-bond acceptors (Lipinski definition) is 5. The molecule has 20 heavy (non-hydrogen) atoms. The topological polar surface area (TPSA) is 63.9 Å². The van der Waals surface area contributed by atoms with E-state index in [9.17, 15) is 4.79 Å². The molecular formula is C13H17N5OS. The zero-order valence-corrected chi connectivity index (χ0v) is 12.8. The van der Waals surface area contributed by atoms with E-state index in [0.717, 1.165) is 11.3 Å². The zero-order valence-electron chi connectivity index (χ0n) is 11.9. The third-order valence-corrected chi connectivity index (χ3v) is 3.88. The maximum Gasteiger partial charge on any atom is 0.235 e. The third kappa shape index (κ3) is 2.98. The van der Waals surface area contributed by atoms with Crippen LogP contribution in [0.5, 0.6) is 0 Å². The molecular weight excluding hydrogens is 274 g/mol. The number of benzene rings is 1. The number of aryl methyl sites for hydroxylation is 1. The van der Waals surface area contributed by atoms with Crippen molar-refractivity contribution in [1.29, 1.82) is 0 Å². The van der Waals surface area contributed by atoms with Gasteiger partial charge in [0.05, 0.1) is 10.9 Å². The lowest BCUT2D eigenvalue weighted by atomic mass is 10.2. The molecule has 6 nitrogen and oxygen atoms in total. The summed E-state index contributed by atoms with van der Waals surface area (Å²) in [6.07, 6.45) is 0. The lowest BCUT2D eigenvalue weighted by molar-refractivity contribution is -0.127. The van der Waals surface area contributed by atoms with Crippen molar-refractivity contribution in [3.05, 3.63) is 29.8 Å². The lowest BCUT2D eigenvalue weighted by Crippen LogP contribution is -2.29. The molecule has 1 amide bonds. The van der Waals surface area contributed by atoms with Crippen molar-refractivity contribution in [2.45, 2.75) is 24.3 Å². The summed E-state index contributed by atoms with van der Waals surface area (Å²) in [5.41, 5.74) is 2.00. The molecule has 2 aromatic rings. The lowest BCUT2D eigenvalue weighted by Gasteiger charge is -2.16. The van der Waals surface area contributed by atoms with Crippen LogP contribution in [-0.4, -0.2) is 50.4 Å².